The van der Waals surface area contributed by atoms with Crippen LogP contribution in [0.2, 0.25) is 0 Å². The Bertz CT molecular complexity index is 815. The van der Waals surface area contributed by atoms with E-state index in [9.17, 15) is 14.7 Å². The lowest BCUT2D eigenvalue weighted by atomic mass is 10.2. The predicted molar refractivity (Wildman–Crippen MR) is 89.3 cm³/mol. The Kier molecular flexibility index (Phi) is 4.18. The number of nitrogens with one attached hydrogen (secondary N) is 1. The van der Waals surface area contributed by atoms with Gasteiger partial charge in [0.1, 0.15) is 11.5 Å². The van der Waals surface area contributed by atoms with Crippen molar-refractivity contribution < 1.29 is 19.1 Å². The minimum Gasteiger partial charge on any atom is -0.507 e. The van der Waals surface area contributed by atoms with Crippen molar-refractivity contribution in [3.63, 3.8) is 0 Å². The standard InChI is InChI=1S/C15H10N2O4S2/c18-11-6-2-1-5-10(11)13(19)16-17-14(20)12(23-15(17)22)8-9-4-3-7-21-9/h1-8,18H,(H,16,19)/b12-8-. The zero-order chi connectivity index (χ0) is 16.4. The molecule has 1 aromatic carbocycles. The number of hydrogen-bond donors (Lipinski definition) is 2. The number of amides is 2. The third-order valence-corrected chi connectivity index (χ3v) is 4.27. The van der Waals surface area contributed by atoms with Crippen LogP contribution in [0.3, 0.4) is 0 Å². The fourth-order valence-corrected chi connectivity index (χ4v) is 3.05. The summed E-state index contributed by atoms with van der Waals surface area (Å²) in [4.78, 5) is 24.8. The number of phenols is 1. The average molecular weight is 346 g/mol. The maximum Gasteiger partial charge on any atom is 0.285 e. The number of hydrogen-bond acceptors (Lipinski definition) is 6. The highest BCUT2D eigenvalue weighted by molar-refractivity contribution is 8.26. The molecule has 1 saturated heterocycles. The number of carbonyl (C=O) groups is 2. The molecule has 0 spiro atoms. The molecule has 6 nitrogen and oxygen atoms in total. The molecule has 2 N–H and O–H groups in total. The maximum absolute atomic E-state index is 12.3. The van der Waals surface area contributed by atoms with Crippen LogP contribution in [0.15, 0.2) is 52.0 Å². The van der Waals surface area contributed by atoms with E-state index in [0.29, 0.717) is 10.7 Å². The van der Waals surface area contributed by atoms with E-state index in [1.165, 1.54) is 18.4 Å². The number of nitrogens with zero attached hydrogens (tertiary/aromatic N) is 1. The molecule has 2 heterocycles. The van der Waals surface area contributed by atoms with Crippen molar-refractivity contribution in [3.8, 4) is 5.75 Å². The van der Waals surface area contributed by atoms with Gasteiger partial charge in [0.15, 0.2) is 4.32 Å². The van der Waals surface area contributed by atoms with E-state index in [1.54, 1.807) is 30.3 Å². The van der Waals surface area contributed by atoms with Crippen molar-refractivity contribution >= 4 is 46.2 Å². The summed E-state index contributed by atoms with van der Waals surface area (Å²) < 4.78 is 5.35. The van der Waals surface area contributed by atoms with Crippen molar-refractivity contribution in [1.29, 1.82) is 0 Å². The highest BCUT2D eigenvalue weighted by Crippen LogP contribution is 2.31. The molecule has 2 aromatic rings. The summed E-state index contributed by atoms with van der Waals surface area (Å²) in [5, 5.41) is 10.7. The van der Waals surface area contributed by atoms with Crippen molar-refractivity contribution in [2.45, 2.75) is 0 Å². The zero-order valence-electron chi connectivity index (χ0n) is 11.6. The lowest BCUT2D eigenvalue weighted by Crippen LogP contribution is -2.44. The Labute approximate surface area is 140 Å². The van der Waals surface area contributed by atoms with Crippen LogP contribution in [0.25, 0.3) is 6.08 Å². The molecule has 0 saturated carbocycles. The molecule has 8 heteroatoms. The molecule has 1 aliphatic heterocycles. The number of phenolic OH excluding ortho intramolecular Hbond substituents is 1. The number of furan rings is 1. The number of benzene rings is 1. The Morgan fingerprint density at radius 3 is 2.78 bits per heavy atom. The molecule has 116 valence electrons. The van der Waals surface area contributed by atoms with Gasteiger partial charge in [0.2, 0.25) is 0 Å². The Morgan fingerprint density at radius 1 is 1.30 bits per heavy atom. The van der Waals surface area contributed by atoms with Crippen molar-refractivity contribution in [1.82, 2.24) is 10.4 Å². The molecule has 0 atom stereocenters. The molecule has 1 aliphatic rings. The molecular weight excluding hydrogens is 336 g/mol. The Balaban J connectivity index is 1.79. The lowest BCUT2D eigenvalue weighted by Gasteiger charge is -2.15. The van der Waals surface area contributed by atoms with Crippen LogP contribution < -0.4 is 5.43 Å². The van der Waals surface area contributed by atoms with E-state index in [-0.39, 0.29) is 15.6 Å². The van der Waals surface area contributed by atoms with Crippen LogP contribution in [0.5, 0.6) is 5.75 Å². The number of aromatic hydroxyl groups is 1. The van der Waals surface area contributed by atoms with Gasteiger partial charge in [0.05, 0.1) is 16.7 Å². The number of carbonyl (C=O) groups excluding carboxylic acids is 2. The number of thiocarbonyl (C=S) groups is 1. The minimum atomic E-state index is -0.626. The number of para-hydroxylation sites is 1. The van der Waals surface area contributed by atoms with Gasteiger partial charge in [-0.1, -0.05) is 23.9 Å². The molecule has 0 bridgehead atoms. The summed E-state index contributed by atoms with van der Waals surface area (Å²) in [5.74, 6) is -0.752. The molecule has 3 rings (SSSR count). The van der Waals surface area contributed by atoms with E-state index in [1.807, 2.05) is 0 Å². The fraction of sp³-hybridized carbons (Fsp3) is 0. The molecule has 0 unspecified atom stereocenters. The molecule has 23 heavy (non-hydrogen) atoms. The second-order valence-corrected chi connectivity index (χ2v) is 6.17. The maximum atomic E-state index is 12.3. The Morgan fingerprint density at radius 2 is 2.09 bits per heavy atom. The van der Waals surface area contributed by atoms with Gasteiger partial charge in [-0.15, -0.1) is 0 Å². The van der Waals surface area contributed by atoms with Crippen molar-refractivity contribution in [2.24, 2.45) is 0 Å². The molecule has 1 fully saturated rings. The van der Waals surface area contributed by atoms with Crippen LogP contribution in [0, 0.1) is 0 Å². The topological polar surface area (TPSA) is 82.8 Å². The quantitative estimate of drug-likeness (QED) is 0.656. The summed E-state index contributed by atoms with van der Waals surface area (Å²) in [6.07, 6.45) is 3.04. The normalized spacial score (nSPS) is 16.2. The number of hydrazine groups is 1. The minimum absolute atomic E-state index is 0.0524. The molecule has 0 radical (unpaired) electrons. The monoisotopic (exact) mass is 346 g/mol. The van der Waals surface area contributed by atoms with Crippen LogP contribution in [-0.4, -0.2) is 26.3 Å². The Hall–Kier alpha value is -2.58. The predicted octanol–water partition coefficient (Wildman–Crippen LogP) is 2.53. The first-order chi connectivity index (χ1) is 11.1. The van der Waals surface area contributed by atoms with Gasteiger partial charge in [-0.05, 0) is 36.5 Å². The van der Waals surface area contributed by atoms with Crippen LogP contribution in [0.1, 0.15) is 16.1 Å². The second-order valence-electron chi connectivity index (χ2n) is 4.49. The first kappa shape index (κ1) is 15.3. The first-order valence-corrected chi connectivity index (χ1v) is 7.69. The summed E-state index contributed by atoms with van der Waals surface area (Å²) >= 11 is 6.16. The van der Waals surface area contributed by atoms with Crippen LogP contribution in [-0.2, 0) is 4.79 Å². The van der Waals surface area contributed by atoms with Crippen LogP contribution in [0.4, 0.5) is 0 Å². The van der Waals surface area contributed by atoms with Gasteiger partial charge in [-0.2, -0.15) is 5.01 Å². The smallest absolute Gasteiger partial charge is 0.285 e. The van der Waals surface area contributed by atoms with Gasteiger partial charge >= 0.3 is 0 Å². The molecule has 2 amide bonds. The number of rotatable bonds is 3. The van der Waals surface area contributed by atoms with E-state index < -0.39 is 11.8 Å². The second kappa shape index (κ2) is 6.27. The SMILES string of the molecule is O=C(NN1C(=O)/C(=C/c2ccco2)SC1=S)c1ccccc1O. The van der Waals surface area contributed by atoms with Crippen LogP contribution >= 0.6 is 24.0 Å². The lowest BCUT2D eigenvalue weighted by molar-refractivity contribution is -0.123. The van der Waals surface area contributed by atoms with E-state index in [0.717, 1.165) is 16.8 Å². The summed E-state index contributed by atoms with van der Waals surface area (Å²) in [5.41, 5.74) is 2.45. The van der Waals surface area contributed by atoms with Gasteiger partial charge in [0, 0.05) is 6.08 Å². The summed E-state index contributed by atoms with van der Waals surface area (Å²) in [7, 11) is 0. The van der Waals surface area contributed by atoms with Crippen molar-refractivity contribution in [2.75, 3.05) is 0 Å². The van der Waals surface area contributed by atoms with Gasteiger partial charge < -0.3 is 9.52 Å². The van der Waals surface area contributed by atoms with E-state index in [4.69, 9.17) is 16.6 Å². The third-order valence-electron chi connectivity index (χ3n) is 2.97. The van der Waals surface area contributed by atoms with Gasteiger partial charge in [-0.25, -0.2) is 0 Å². The zero-order valence-corrected chi connectivity index (χ0v) is 13.2. The van der Waals surface area contributed by atoms with E-state index >= 15 is 0 Å². The fourth-order valence-electron chi connectivity index (χ4n) is 1.89. The number of thioether (sulfide) groups is 1. The highest BCUT2D eigenvalue weighted by atomic mass is 32.2. The molecular formula is C15H10N2O4S2. The van der Waals surface area contributed by atoms with E-state index in [2.05, 4.69) is 5.43 Å². The summed E-state index contributed by atoms with van der Waals surface area (Å²) in [6, 6.07) is 9.43. The van der Waals surface area contributed by atoms with Crippen molar-refractivity contribution in [3.05, 3.63) is 58.9 Å². The molecule has 0 aliphatic carbocycles. The highest BCUT2D eigenvalue weighted by Gasteiger charge is 2.34. The average Bonchev–Trinajstić information content (AvgIpc) is 3.12. The first-order valence-electron chi connectivity index (χ1n) is 6.46. The molecule has 1 aromatic heterocycles. The van der Waals surface area contributed by atoms with Gasteiger partial charge in [-0.3, -0.25) is 15.0 Å². The summed E-state index contributed by atoms with van der Waals surface area (Å²) in [6.45, 7) is 0. The largest absolute Gasteiger partial charge is 0.507 e. The third kappa shape index (κ3) is 3.13. The van der Waals surface area contributed by atoms with Gasteiger partial charge in [0.25, 0.3) is 11.8 Å².